The molecule has 0 spiro atoms. The number of quaternary nitrogens is 1. The number of nitrogens with zero attached hydrogens (tertiary/aromatic N) is 1. The van der Waals surface area contributed by atoms with E-state index in [1.54, 1.807) is 4.90 Å². The average Bonchev–Trinajstić information content (AvgIpc) is 2.79. The Hall–Kier alpha value is -2.33. The number of ether oxygens (including phenoxy) is 1. The van der Waals surface area contributed by atoms with E-state index >= 15 is 0 Å². The van der Waals surface area contributed by atoms with Gasteiger partial charge in [0.05, 0.1) is 19.7 Å². The molecule has 0 atom stereocenters. The van der Waals surface area contributed by atoms with Crippen LogP contribution < -0.4 is 9.64 Å². The predicted octanol–water partition coefficient (Wildman–Crippen LogP) is 3.71. The zero-order valence-corrected chi connectivity index (χ0v) is 18.6. The van der Waals surface area contributed by atoms with Crippen LogP contribution in [0.15, 0.2) is 54.6 Å². The van der Waals surface area contributed by atoms with E-state index in [4.69, 9.17) is 4.74 Å². The molecule has 0 unspecified atom stereocenters. The van der Waals surface area contributed by atoms with Crippen LogP contribution in [0.5, 0.6) is 5.75 Å². The molecule has 0 saturated carbocycles. The van der Waals surface area contributed by atoms with Crippen molar-refractivity contribution < 1.29 is 14.4 Å². The SMILES string of the molecule is CCCCN(Cc1ccccc1)C(=O)C1CC[NH+](Cc2ccc(OCC)cc2)CC1. The second-order valence-corrected chi connectivity index (χ2v) is 8.38. The first kappa shape index (κ1) is 22.4. The fraction of sp³-hybridized carbons (Fsp3) is 0.500. The van der Waals surface area contributed by atoms with Crippen LogP contribution in [-0.2, 0) is 17.9 Å². The highest BCUT2D eigenvalue weighted by Crippen LogP contribution is 2.17. The zero-order chi connectivity index (χ0) is 21.2. The number of likely N-dealkylation sites (tertiary alicyclic amines) is 1. The van der Waals surface area contributed by atoms with E-state index in [2.05, 4.69) is 60.4 Å². The molecule has 162 valence electrons. The van der Waals surface area contributed by atoms with Gasteiger partial charge in [-0.25, -0.2) is 0 Å². The number of hydrogen-bond donors (Lipinski definition) is 1. The minimum atomic E-state index is 0.176. The van der Waals surface area contributed by atoms with E-state index in [1.165, 1.54) is 11.1 Å². The summed E-state index contributed by atoms with van der Waals surface area (Å²) in [6, 6.07) is 18.8. The maximum atomic E-state index is 13.3. The monoisotopic (exact) mass is 409 g/mol. The summed E-state index contributed by atoms with van der Waals surface area (Å²) in [5.41, 5.74) is 2.56. The molecule has 1 fully saturated rings. The second-order valence-electron chi connectivity index (χ2n) is 8.38. The number of hydrogen-bond acceptors (Lipinski definition) is 2. The van der Waals surface area contributed by atoms with Crippen LogP contribution in [0, 0.1) is 5.92 Å². The van der Waals surface area contributed by atoms with Gasteiger partial charge in [0.25, 0.3) is 0 Å². The Balaban J connectivity index is 1.52. The molecule has 2 aromatic rings. The highest BCUT2D eigenvalue weighted by atomic mass is 16.5. The molecule has 4 heteroatoms. The first-order chi connectivity index (χ1) is 14.7. The first-order valence-electron chi connectivity index (χ1n) is 11.6. The minimum Gasteiger partial charge on any atom is -0.494 e. The summed E-state index contributed by atoms with van der Waals surface area (Å²) in [6.07, 6.45) is 4.16. The lowest BCUT2D eigenvalue weighted by Gasteiger charge is -2.32. The Morgan fingerprint density at radius 2 is 1.70 bits per heavy atom. The summed E-state index contributed by atoms with van der Waals surface area (Å²) in [5.74, 6) is 1.47. The van der Waals surface area contributed by atoms with Gasteiger partial charge >= 0.3 is 0 Å². The normalized spacial score (nSPS) is 18.7. The molecule has 1 aliphatic rings. The van der Waals surface area contributed by atoms with Gasteiger partial charge in [-0.3, -0.25) is 4.79 Å². The van der Waals surface area contributed by atoms with Crippen molar-refractivity contribution in [2.45, 2.75) is 52.6 Å². The molecule has 0 bridgehead atoms. The number of nitrogens with one attached hydrogen (secondary N) is 1. The van der Waals surface area contributed by atoms with Gasteiger partial charge in [-0.05, 0) is 43.2 Å². The van der Waals surface area contributed by atoms with E-state index in [0.717, 1.165) is 64.2 Å². The molecule has 2 aromatic carbocycles. The molecule has 1 heterocycles. The summed E-state index contributed by atoms with van der Waals surface area (Å²) >= 11 is 0. The molecule has 4 nitrogen and oxygen atoms in total. The summed E-state index contributed by atoms with van der Waals surface area (Å²) in [4.78, 5) is 16.9. The van der Waals surface area contributed by atoms with Crippen molar-refractivity contribution in [2.75, 3.05) is 26.2 Å². The van der Waals surface area contributed by atoms with Gasteiger partial charge in [-0.2, -0.15) is 0 Å². The van der Waals surface area contributed by atoms with Crippen molar-refractivity contribution in [2.24, 2.45) is 5.92 Å². The summed E-state index contributed by atoms with van der Waals surface area (Å²) in [7, 11) is 0. The van der Waals surface area contributed by atoms with E-state index in [9.17, 15) is 4.79 Å². The zero-order valence-electron chi connectivity index (χ0n) is 18.6. The number of benzene rings is 2. The van der Waals surface area contributed by atoms with Gasteiger partial charge in [-0.15, -0.1) is 0 Å². The lowest BCUT2D eigenvalue weighted by molar-refractivity contribution is -0.919. The van der Waals surface area contributed by atoms with Crippen molar-refractivity contribution in [3.8, 4) is 5.75 Å². The maximum absolute atomic E-state index is 13.3. The number of piperidine rings is 1. The number of carbonyl (C=O) groups is 1. The molecule has 1 N–H and O–H groups in total. The highest BCUT2D eigenvalue weighted by Gasteiger charge is 2.30. The van der Waals surface area contributed by atoms with Gasteiger partial charge in [0.1, 0.15) is 12.3 Å². The second kappa shape index (κ2) is 11.8. The molecule has 0 radical (unpaired) electrons. The summed E-state index contributed by atoms with van der Waals surface area (Å²) in [5, 5.41) is 0. The van der Waals surface area contributed by atoms with Crippen LogP contribution in [0.3, 0.4) is 0 Å². The number of unbranched alkanes of at least 4 members (excludes halogenated alkanes) is 1. The first-order valence-corrected chi connectivity index (χ1v) is 11.6. The van der Waals surface area contributed by atoms with Gasteiger partial charge in [0, 0.05) is 37.4 Å². The molecule has 3 rings (SSSR count). The predicted molar refractivity (Wildman–Crippen MR) is 122 cm³/mol. The molecule has 30 heavy (non-hydrogen) atoms. The van der Waals surface area contributed by atoms with Crippen LogP contribution in [0.25, 0.3) is 0 Å². The van der Waals surface area contributed by atoms with Crippen LogP contribution in [0.2, 0.25) is 0 Å². The smallest absolute Gasteiger partial charge is 0.226 e. The quantitative estimate of drug-likeness (QED) is 0.649. The van der Waals surface area contributed by atoms with E-state index in [0.29, 0.717) is 12.5 Å². The Morgan fingerprint density at radius 1 is 1.00 bits per heavy atom. The number of rotatable bonds is 10. The third-order valence-corrected chi connectivity index (χ3v) is 6.04. The Labute approximate surface area is 181 Å². The third kappa shape index (κ3) is 6.60. The molecular formula is C26H37N2O2+. The largest absolute Gasteiger partial charge is 0.494 e. The Morgan fingerprint density at radius 3 is 2.33 bits per heavy atom. The fourth-order valence-electron chi connectivity index (χ4n) is 4.29. The lowest BCUT2D eigenvalue weighted by Crippen LogP contribution is -3.11. The molecule has 0 aliphatic carbocycles. The van der Waals surface area contributed by atoms with Crippen LogP contribution >= 0.6 is 0 Å². The minimum absolute atomic E-state index is 0.176. The standard InChI is InChI=1S/C26H36N2O2/c1-3-5-17-28(21-22-9-7-6-8-10-22)26(29)24-15-18-27(19-16-24)20-23-11-13-25(14-12-23)30-4-2/h6-14,24H,3-5,15-21H2,1-2H3/p+1. The van der Waals surface area contributed by atoms with Gasteiger partial charge < -0.3 is 14.5 Å². The van der Waals surface area contributed by atoms with Crippen molar-refractivity contribution in [3.63, 3.8) is 0 Å². The van der Waals surface area contributed by atoms with Crippen LogP contribution in [0.1, 0.15) is 50.7 Å². The van der Waals surface area contributed by atoms with E-state index < -0.39 is 0 Å². The van der Waals surface area contributed by atoms with Crippen molar-refractivity contribution in [3.05, 3.63) is 65.7 Å². The number of carbonyl (C=O) groups excluding carboxylic acids is 1. The van der Waals surface area contributed by atoms with Gasteiger partial charge in [0.2, 0.25) is 5.91 Å². The van der Waals surface area contributed by atoms with Crippen molar-refractivity contribution in [1.29, 1.82) is 0 Å². The van der Waals surface area contributed by atoms with Crippen LogP contribution in [-0.4, -0.2) is 37.0 Å². The maximum Gasteiger partial charge on any atom is 0.226 e. The fourth-order valence-corrected chi connectivity index (χ4v) is 4.29. The molecular weight excluding hydrogens is 372 g/mol. The van der Waals surface area contributed by atoms with E-state index in [-0.39, 0.29) is 5.92 Å². The van der Waals surface area contributed by atoms with Crippen molar-refractivity contribution >= 4 is 5.91 Å². The van der Waals surface area contributed by atoms with Gasteiger partial charge in [0.15, 0.2) is 0 Å². The average molecular weight is 410 g/mol. The molecule has 1 saturated heterocycles. The van der Waals surface area contributed by atoms with Gasteiger partial charge in [-0.1, -0.05) is 43.7 Å². The van der Waals surface area contributed by atoms with Crippen LogP contribution in [0.4, 0.5) is 0 Å². The summed E-state index contributed by atoms with van der Waals surface area (Å²) in [6.45, 7) is 9.65. The topological polar surface area (TPSA) is 34.0 Å². The molecule has 1 aliphatic heterocycles. The number of amides is 1. The third-order valence-electron chi connectivity index (χ3n) is 6.04. The Bertz CT molecular complexity index is 752. The highest BCUT2D eigenvalue weighted by molar-refractivity contribution is 5.78. The molecule has 0 aromatic heterocycles. The molecule has 1 amide bonds. The lowest BCUT2D eigenvalue weighted by atomic mass is 9.94. The Kier molecular flexibility index (Phi) is 8.76. The summed E-state index contributed by atoms with van der Waals surface area (Å²) < 4.78 is 5.54. The van der Waals surface area contributed by atoms with Crippen molar-refractivity contribution in [1.82, 2.24) is 4.90 Å². The van der Waals surface area contributed by atoms with E-state index in [1.807, 2.05) is 13.0 Å².